The summed E-state index contributed by atoms with van der Waals surface area (Å²) in [5.74, 6) is 1.39. The van der Waals surface area contributed by atoms with Crippen LogP contribution in [0.25, 0.3) is 0 Å². The minimum atomic E-state index is -0.0820. The molecule has 24 heavy (non-hydrogen) atoms. The molecular formula is C18H24N2O4. The molecule has 2 amide bonds. The van der Waals surface area contributed by atoms with Crippen LogP contribution in [0.2, 0.25) is 0 Å². The van der Waals surface area contributed by atoms with Gasteiger partial charge in [-0.25, -0.2) is 0 Å². The van der Waals surface area contributed by atoms with Gasteiger partial charge in [0.05, 0.1) is 19.8 Å². The lowest BCUT2D eigenvalue weighted by Gasteiger charge is -2.38. The molecule has 3 rings (SSSR count). The van der Waals surface area contributed by atoms with Crippen LogP contribution in [-0.4, -0.2) is 62.0 Å². The number of ether oxygens (including phenoxy) is 2. The standard InChI is InChI=1S/C18H24N2O4/c1-23-15-8-4-7-14(16(15)24-2)18(22)20-11-9-19(10-12-20)17(21)13-5-3-6-13/h4,7-8,13H,3,5-6,9-12H2,1-2H3. The summed E-state index contributed by atoms with van der Waals surface area (Å²) in [6, 6.07) is 5.30. The van der Waals surface area contributed by atoms with Gasteiger partial charge < -0.3 is 19.3 Å². The number of hydrogen-bond donors (Lipinski definition) is 0. The first-order chi connectivity index (χ1) is 11.7. The summed E-state index contributed by atoms with van der Waals surface area (Å²) >= 11 is 0. The lowest BCUT2D eigenvalue weighted by atomic mass is 9.84. The van der Waals surface area contributed by atoms with E-state index < -0.39 is 0 Å². The van der Waals surface area contributed by atoms with Gasteiger partial charge in [-0.1, -0.05) is 12.5 Å². The molecule has 1 aromatic carbocycles. The molecule has 1 saturated carbocycles. The minimum Gasteiger partial charge on any atom is -0.493 e. The van der Waals surface area contributed by atoms with Crippen LogP contribution in [0.3, 0.4) is 0 Å². The molecule has 0 spiro atoms. The summed E-state index contributed by atoms with van der Waals surface area (Å²) in [7, 11) is 3.08. The molecule has 0 N–H and O–H groups in total. The SMILES string of the molecule is COc1cccc(C(=O)N2CCN(C(=O)C3CCC3)CC2)c1OC. The highest BCUT2D eigenvalue weighted by molar-refractivity contribution is 5.98. The van der Waals surface area contributed by atoms with Crippen LogP contribution in [0.4, 0.5) is 0 Å². The Hall–Kier alpha value is -2.24. The molecule has 0 bridgehead atoms. The molecule has 1 aliphatic heterocycles. The van der Waals surface area contributed by atoms with Crippen molar-refractivity contribution in [2.75, 3.05) is 40.4 Å². The van der Waals surface area contributed by atoms with Crippen LogP contribution in [-0.2, 0) is 4.79 Å². The fourth-order valence-electron chi connectivity index (χ4n) is 3.27. The van der Waals surface area contributed by atoms with Crippen molar-refractivity contribution in [1.29, 1.82) is 0 Å². The van der Waals surface area contributed by atoms with E-state index in [1.165, 1.54) is 7.11 Å². The molecule has 2 fully saturated rings. The first-order valence-corrected chi connectivity index (χ1v) is 8.44. The zero-order chi connectivity index (χ0) is 17.1. The van der Waals surface area contributed by atoms with Gasteiger partial charge in [-0.05, 0) is 25.0 Å². The zero-order valence-corrected chi connectivity index (χ0v) is 14.3. The summed E-state index contributed by atoms with van der Waals surface area (Å²) in [6.07, 6.45) is 3.18. The number of hydrogen-bond acceptors (Lipinski definition) is 4. The van der Waals surface area contributed by atoms with Crippen molar-refractivity contribution < 1.29 is 19.1 Å². The smallest absolute Gasteiger partial charge is 0.257 e. The van der Waals surface area contributed by atoms with Crippen LogP contribution in [0, 0.1) is 5.92 Å². The highest BCUT2D eigenvalue weighted by Crippen LogP contribution is 2.32. The molecule has 1 aromatic rings. The van der Waals surface area contributed by atoms with E-state index >= 15 is 0 Å². The Morgan fingerprint density at radius 2 is 1.67 bits per heavy atom. The number of nitrogens with zero attached hydrogens (tertiary/aromatic N) is 2. The van der Waals surface area contributed by atoms with Crippen molar-refractivity contribution in [3.63, 3.8) is 0 Å². The van der Waals surface area contributed by atoms with Gasteiger partial charge in [0.2, 0.25) is 5.91 Å². The summed E-state index contributed by atoms with van der Waals surface area (Å²) in [5.41, 5.74) is 0.496. The monoisotopic (exact) mass is 332 g/mol. The Morgan fingerprint density at radius 1 is 1.00 bits per heavy atom. The van der Waals surface area contributed by atoms with E-state index in [-0.39, 0.29) is 17.7 Å². The van der Waals surface area contributed by atoms with Crippen molar-refractivity contribution >= 4 is 11.8 Å². The predicted molar refractivity (Wildman–Crippen MR) is 89.4 cm³/mol. The highest BCUT2D eigenvalue weighted by atomic mass is 16.5. The molecule has 6 heteroatoms. The first-order valence-electron chi connectivity index (χ1n) is 8.44. The van der Waals surface area contributed by atoms with Gasteiger partial charge >= 0.3 is 0 Å². The number of rotatable bonds is 4. The Labute approximate surface area is 142 Å². The molecule has 0 aromatic heterocycles. The molecule has 1 heterocycles. The largest absolute Gasteiger partial charge is 0.493 e. The molecule has 0 radical (unpaired) electrons. The Kier molecular flexibility index (Phi) is 4.92. The van der Waals surface area contributed by atoms with E-state index in [1.807, 2.05) is 4.90 Å². The van der Waals surface area contributed by atoms with E-state index in [0.29, 0.717) is 43.2 Å². The number of methoxy groups -OCH3 is 2. The number of para-hydroxylation sites is 1. The fourth-order valence-corrected chi connectivity index (χ4v) is 3.27. The number of amides is 2. The maximum atomic E-state index is 12.8. The quantitative estimate of drug-likeness (QED) is 0.843. The van der Waals surface area contributed by atoms with Gasteiger partial charge in [-0.2, -0.15) is 0 Å². The second-order valence-corrected chi connectivity index (χ2v) is 6.29. The Balaban J connectivity index is 1.66. The fraction of sp³-hybridized carbons (Fsp3) is 0.556. The first kappa shape index (κ1) is 16.6. The number of benzene rings is 1. The number of carbonyl (C=O) groups excluding carboxylic acids is 2. The van der Waals surface area contributed by atoms with Gasteiger partial charge in [-0.3, -0.25) is 9.59 Å². The summed E-state index contributed by atoms with van der Waals surface area (Å²) < 4.78 is 10.6. The van der Waals surface area contributed by atoms with Crippen molar-refractivity contribution in [2.45, 2.75) is 19.3 Å². The average molecular weight is 332 g/mol. The van der Waals surface area contributed by atoms with Gasteiger partial charge in [0, 0.05) is 32.1 Å². The summed E-state index contributed by atoms with van der Waals surface area (Å²) in [5, 5.41) is 0. The lowest BCUT2D eigenvalue weighted by Crippen LogP contribution is -2.52. The number of carbonyl (C=O) groups is 2. The molecule has 0 atom stereocenters. The molecule has 1 saturated heterocycles. The number of piperazine rings is 1. The highest BCUT2D eigenvalue weighted by Gasteiger charge is 2.32. The third-order valence-electron chi connectivity index (χ3n) is 4.97. The van der Waals surface area contributed by atoms with Crippen molar-refractivity contribution in [2.24, 2.45) is 5.92 Å². The van der Waals surface area contributed by atoms with E-state index in [0.717, 1.165) is 19.3 Å². The third kappa shape index (κ3) is 3.05. The normalized spacial score (nSPS) is 18.1. The molecule has 2 aliphatic rings. The van der Waals surface area contributed by atoms with Crippen LogP contribution >= 0.6 is 0 Å². The van der Waals surface area contributed by atoms with Crippen molar-refractivity contribution in [3.05, 3.63) is 23.8 Å². The van der Waals surface area contributed by atoms with E-state index in [9.17, 15) is 9.59 Å². The molecule has 130 valence electrons. The summed E-state index contributed by atoms with van der Waals surface area (Å²) in [4.78, 5) is 28.8. The molecule has 0 unspecified atom stereocenters. The second kappa shape index (κ2) is 7.11. The lowest BCUT2D eigenvalue weighted by molar-refractivity contribution is -0.139. The molecular weight excluding hydrogens is 308 g/mol. The molecule has 6 nitrogen and oxygen atoms in total. The van der Waals surface area contributed by atoms with Crippen LogP contribution in [0.15, 0.2) is 18.2 Å². The van der Waals surface area contributed by atoms with Crippen LogP contribution in [0.1, 0.15) is 29.6 Å². The predicted octanol–water partition coefficient (Wildman–Crippen LogP) is 1.79. The van der Waals surface area contributed by atoms with Gasteiger partial charge in [0.25, 0.3) is 5.91 Å². The second-order valence-electron chi connectivity index (χ2n) is 6.29. The zero-order valence-electron chi connectivity index (χ0n) is 14.3. The summed E-state index contributed by atoms with van der Waals surface area (Å²) in [6.45, 7) is 2.32. The van der Waals surface area contributed by atoms with Crippen LogP contribution < -0.4 is 9.47 Å². The van der Waals surface area contributed by atoms with E-state index in [4.69, 9.17) is 9.47 Å². The van der Waals surface area contributed by atoms with Gasteiger partial charge in [0.1, 0.15) is 0 Å². The average Bonchev–Trinajstić information content (AvgIpc) is 2.58. The third-order valence-corrected chi connectivity index (χ3v) is 4.97. The van der Waals surface area contributed by atoms with Crippen LogP contribution in [0.5, 0.6) is 11.5 Å². The van der Waals surface area contributed by atoms with Gasteiger partial charge in [-0.15, -0.1) is 0 Å². The molecule has 1 aliphatic carbocycles. The van der Waals surface area contributed by atoms with Crippen molar-refractivity contribution in [1.82, 2.24) is 9.80 Å². The van der Waals surface area contributed by atoms with Crippen molar-refractivity contribution in [3.8, 4) is 11.5 Å². The topological polar surface area (TPSA) is 59.1 Å². The maximum Gasteiger partial charge on any atom is 0.257 e. The maximum absolute atomic E-state index is 12.8. The minimum absolute atomic E-state index is 0.0820. The Morgan fingerprint density at radius 3 is 2.21 bits per heavy atom. The van der Waals surface area contributed by atoms with E-state index in [1.54, 1.807) is 30.2 Å². The Bertz CT molecular complexity index is 619. The van der Waals surface area contributed by atoms with E-state index in [2.05, 4.69) is 0 Å². The van der Waals surface area contributed by atoms with Gasteiger partial charge in [0.15, 0.2) is 11.5 Å².